The predicted octanol–water partition coefficient (Wildman–Crippen LogP) is 3.20. The molecular formula is C18H26N2O. The number of hydrogen-bond acceptors (Lipinski definition) is 3. The van der Waals surface area contributed by atoms with Crippen LogP contribution in [-0.4, -0.2) is 31.8 Å². The Labute approximate surface area is 127 Å². The highest BCUT2D eigenvalue weighted by atomic mass is 16.5. The summed E-state index contributed by atoms with van der Waals surface area (Å²) < 4.78 is 5.88. The van der Waals surface area contributed by atoms with Crippen LogP contribution in [0.1, 0.15) is 38.5 Å². The van der Waals surface area contributed by atoms with E-state index < -0.39 is 0 Å². The molecule has 3 nitrogen and oxygen atoms in total. The van der Waals surface area contributed by atoms with Gasteiger partial charge < -0.3 is 15.0 Å². The van der Waals surface area contributed by atoms with Gasteiger partial charge in [-0.25, -0.2) is 0 Å². The first-order valence-electron chi connectivity index (χ1n) is 8.63. The summed E-state index contributed by atoms with van der Waals surface area (Å²) in [7, 11) is 0. The van der Waals surface area contributed by atoms with E-state index >= 15 is 0 Å². The van der Waals surface area contributed by atoms with Crippen LogP contribution >= 0.6 is 0 Å². The van der Waals surface area contributed by atoms with Gasteiger partial charge in [0, 0.05) is 25.2 Å². The molecule has 2 fully saturated rings. The van der Waals surface area contributed by atoms with E-state index in [4.69, 9.17) is 4.74 Å². The largest absolute Gasteiger partial charge is 0.491 e. The third-order valence-corrected chi connectivity index (χ3v) is 5.42. The van der Waals surface area contributed by atoms with Gasteiger partial charge in [-0.2, -0.15) is 0 Å². The lowest BCUT2D eigenvalue weighted by molar-refractivity contribution is 0.322. The highest BCUT2D eigenvalue weighted by molar-refractivity contribution is 5.59. The van der Waals surface area contributed by atoms with Crippen LogP contribution in [0.25, 0.3) is 0 Å². The van der Waals surface area contributed by atoms with Crippen molar-refractivity contribution in [3.8, 4) is 5.75 Å². The molecule has 3 aliphatic rings. The molecule has 4 rings (SSSR count). The van der Waals surface area contributed by atoms with Gasteiger partial charge in [-0.15, -0.1) is 0 Å². The molecule has 0 spiro atoms. The summed E-state index contributed by atoms with van der Waals surface area (Å²) in [5, 5.41) is 3.91. The Balaban J connectivity index is 1.47. The number of nitrogens with zero attached hydrogens (tertiary/aromatic N) is 1. The molecule has 114 valence electrons. The zero-order chi connectivity index (χ0) is 14.1. The number of hydrogen-bond donors (Lipinski definition) is 1. The van der Waals surface area contributed by atoms with Crippen LogP contribution in [0.15, 0.2) is 24.3 Å². The zero-order valence-corrected chi connectivity index (χ0v) is 12.8. The molecule has 3 atom stereocenters. The molecule has 0 aromatic heterocycles. The molecule has 21 heavy (non-hydrogen) atoms. The van der Waals surface area contributed by atoms with Gasteiger partial charge in [0.05, 0.1) is 12.3 Å². The molecular weight excluding hydrogens is 260 g/mol. The van der Waals surface area contributed by atoms with Crippen LogP contribution in [0.4, 0.5) is 5.69 Å². The summed E-state index contributed by atoms with van der Waals surface area (Å²) in [6.07, 6.45) is 8.17. The van der Waals surface area contributed by atoms with E-state index in [2.05, 4.69) is 34.5 Å². The van der Waals surface area contributed by atoms with Gasteiger partial charge in [0.2, 0.25) is 0 Å². The van der Waals surface area contributed by atoms with Crippen LogP contribution in [0, 0.1) is 5.92 Å². The molecule has 1 aliphatic carbocycles. The normalized spacial score (nSPS) is 32.0. The molecule has 3 heteroatoms. The second kappa shape index (κ2) is 5.88. The van der Waals surface area contributed by atoms with Crippen molar-refractivity contribution in [2.45, 2.75) is 50.6 Å². The fourth-order valence-electron chi connectivity index (χ4n) is 4.43. The minimum atomic E-state index is 0.657. The first-order chi connectivity index (χ1) is 10.4. The van der Waals surface area contributed by atoms with E-state index in [9.17, 15) is 0 Å². The van der Waals surface area contributed by atoms with Gasteiger partial charge >= 0.3 is 0 Å². The smallest absolute Gasteiger partial charge is 0.142 e. The average Bonchev–Trinajstić information content (AvgIpc) is 2.82. The predicted molar refractivity (Wildman–Crippen MR) is 86.1 cm³/mol. The van der Waals surface area contributed by atoms with Crippen molar-refractivity contribution in [2.75, 3.05) is 24.6 Å². The van der Waals surface area contributed by atoms with E-state index in [0.717, 1.165) is 43.8 Å². The van der Waals surface area contributed by atoms with Crippen LogP contribution in [0.2, 0.25) is 0 Å². The summed E-state index contributed by atoms with van der Waals surface area (Å²) in [4.78, 5) is 2.54. The Bertz CT molecular complexity index is 476. The van der Waals surface area contributed by atoms with Gasteiger partial charge in [0.1, 0.15) is 5.75 Å². The lowest BCUT2D eigenvalue weighted by Crippen LogP contribution is -2.40. The lowest BCUT2D eigenvalue weighted by Gasteiger charge is -2.27. The molecule has 0 radical (unpaired) electrons. The van der Waals surface area contributed by atoms with Gasteiger partial charge in [-0.3, -0.25) is 0 Å². The maximum Gasteiger partial charge on any atom is 0.142 e. The Hall–Kier alpha value is -1.22. The van der Waals surface area contributed by atoms with Crippen LogP contribution < -0.4 is 15.0 Å². The number of nitrogens with one attached hydrogen (secondary N) is 1. The number of ether oxygens (including phenoxy) is 1. The lowest BCUT2D eigenvalue weighted by atomic mass is 9.85. The second-order valence-corrected chi connectivity index (χ2v) is 6.87. The number of anilines is 1. The third kappa shape index (κ3) is 2.76. The van der Waals surface area contributed by atoms with E-state index in [-0.39, 0.29) is 0 Å². The Morgan fingerprint density at radius 2 is 2.05 bits per heavy atom. The standard InChI is InChI=1S/C18H26N2O/c1-2-7-16-14(6-1)12-15(19-16)13-20-10-5-11-21-18-9-4-3-8-17(18)20/h3-4,8-9,14-16,19H,1-2,5-7,10-13H2. The molecule has 1 saturated carbocycles. The summed E-state index contributed by atoms with van der Waals surface area (Å²) in [6.45, 7) is 3.09. The van der Waals surface area contributed by atoms with Gasteiger partial charge in [0.25, 0.3) is 0 Å². The minimum absolute atomic E-state index is 0.657. The quantitative estimate of drug-likeness (QED) is 0.903. The van der Waals surface area contributed by atoms with Crippen molar-refractivity contribution in [3.05, 3.63) is 24.3 Å². The zero-order valence-electron chi connectivity index (χ0n) is 12.8. The molecule has 1 aromatic rings. The van der Waals surface area contributed by atoms with Gasteiger partial charge in [-0.1, -0.05) is 25.0 Å². The van der Waals surface area contributed by atoms with E-state index in [1.807, 2.05) is 0 Å². The number of rotatable bonds is 2. The fourth-order valence-corrected chi connectivity index (χ4v) is 4.43. The number of fused-ring (bicyclic) bond motifs is 2. The maximum absolute atomic E-state index is 5.88. The van der Waals surface area contributed by atoms with Crippen LogP contribution in [-0.2, 0) is 0 Å². The highest BCUT2D eigenvalue weighted by Gasteiger charge is 2.35. The molecule has 3 unspecified atom stereocenters. The third-order valence-electron chi connectivity index (χ3n) is 5.42. The van der Waals surface area contributed by atoms with Crippen molar-refractivity contribution >= 4 is 5.69 Å². The van der Waals surface area contributed by atoms with Crippen molar-refractivity contribution in [3.63, 3.8) is 0 Å². The molecule has 1 aromatic carbocycles. The summed E-state index contributed by atoms with van der Waals surface area (Å²) in [5.41, 5.74) is 1.28. The molecule has 0 amide bonds. The molecule has 2 aliphatic heterocycles. The molecule has 0 bridgehead atoms. The number of para-hydroxylation sites is 2. The minimum Gasteiger partial charge on any atom is -0.491 e. The first kappa shape index (κ1) is 13.4. The van der Waals surface area contributed by atoms with Crippen molar-refractivity contribution in [2.24, 2.45) is 5.92 Å². The van der Waals surface area contributed by atoms with E-state index in [1.165, 1.54) is 37.8 Å². The molecule has 2 heterocycles. The first-order valence-corrected chi connectivity index (χ1v) is 8.63. The molecule has 1 N–H and O–H groups in total. The van der Waals surface area contributed by atoms with E-state index in [1.54, 1.807) is 0 Å². The van der Waals surface area contributed by atoms with Crippen LogP contribution in [0.3, 0.4) is 0 Å². The second-order valence-electron chi connectivity index (χ2n) is 6.87. The van der Waals surface area contributed by atoms with Crippen molar-refractivity contribution < 1.29 is 4.74 Å². The summed E-state index contributed by atoms with van der Waals surface area (Å²) in [6, 6.07) is 9.97. The van der Waals surface area contributed by atoms with Crippen molar-refractivity contribution in [1.29, 1.82) is 0 Å². The van der Waals surface area contributed by atoms with E-state index in [0.29, 0.717) is 6.04 Å². The fraction of sp³-hybridized carbons (Fsp3) is 0.667. The van der Waals surface area contributed by atoms with Crippen molar-refractivity contribution in [1.82, 2.24) is 5.32 Å². The topological polar surface area (TPSA) is 24.5 Å². The van der Waals surface area contributed by atoms with Crippen LogP contribution in [0.5, 0.6) is 5.75 Å². The Morgan fingerprint density at radius 1 is 1.14 bits per heavy atom. The monoisotopic (exact) mass is 286 g/mol. The number of benzene rings is 1. The Morgan fingerprint density at radius 3 is 3.00 bits per heavy atom. The Kier molecular flexibility index (Phi) is 3.76. The summed E-state index contributed by atoms with van der Waals surface area (Å²) >= 11 is 0. The SMILES string of the molecule is c1ccc2c(c1)OCCCN2CC1CC2CCCCC2N1. The maximum atomic E-state index is 5.88. The van der Waals surface area contributed by atoms with Gasteiger partial charge in [0.15, 0.2) is 0 Å². The molecule has 1 saturated heterocycles. The highest BCUT2D eigenvalue weighted by Crippen LogP contribution is 2.35. The van der Waals surface area contributed by atoms with Gasteiger partial charge in [-0.05, 0) is 43.7 Å². The average molecular weight is 286 g/mol. The summed E-state index contributed by atoms with van der Waals surface area (Å²) in [5.74, 6) is 1.99.